The van der Waals surface area contributed by atoms with E-state index in [1.807, 2.05) is 48.5 Å². The van der Waals surface area contributed by atoms with Crippen molar-refractivity contribution < 1.29 is 9.90 Å². The zero-order valence-corrected chi connectivity index (χ0v) is 14.0. The Balaban J connectivity index is 1.88. The Bertz CT molecular complexity index is 700. The van der Waals surface area contributed by atoms with Crippen molar-refractivity contribution >= 4 is 11.8 Å². The second kappa shape index (κ2) is 7.49. The molecular formula is C20H24N2O2. The first-order valence-electron chi connectivity index (χ1n) is 8.52. The lowest BCUT2D eigenvalue weighted by Crippen LogP contribution is -2.25. The van der Waals surface area contributed by atoms with Crippen LogP contribution < -0.4 is 5.32 Å². The van der Waals surface area contributed by atoms with Crippen LogP contribution in [-0.4, -0.2) is 35.7 Å². The number of aryl methyl sites for hydroxylation is 1. The fraction of sp³-hybridized carbons (Fsp3) is 0.350. The van der Waals surface area contributed by atoms with E-state index < -0.39 is 6.09 Å². The number of rotatable bonds is 5. The van der Waals surface area contributed by atoms with E-state index in [4.69, 9.17) is 0 Å². The van der Waals surface area contributed by atoms with Gasteiger partial charge in [0.05, 0.1) is 5.69 Å². The van der Waals surface area contributed by atoms with E-state index in [0.717, 1.165) is 41.8 Å². The molecule has 0 aliphatic carbocycles. The molecule has 1 aliphatic heterocycles. The lowest BCUT2D eigenvalue weighted by Gasteiger charge is -2.21. The molecule has 3 rings (SSSR count). The van der Waals surface area contributed by atoms with Gasteiger partial charge in [-0.1, -0.05) is 48.5 Å². The van der Waals surface area contributed by atoms with E-state index in [9.17, 15) is 9.90 Å². The lowest BCUT2D eigenvalue weighted by atomic mass is 9.96. The smallest absolute Gasteiger partial charge is 0.409 e. The molecule has 1 atom stereocenters. The molecule has 2 aromatic rings. The van der Waals surface area contributed by atoms with Gasteiger partial charge in [0.25, 0.3) is 0 Å². The van der Waals surface area contributed by atoms with E-state index in [-0.39, 0.29) is 0 Å². The van der Waals surface area contributed by atoms with Crippen molar-refractivity contribution in [2.45, 2.75) is 31.7 Å². The number of nitrogens with one attached hydrogen (secondary N) is 1. The largest absolute Gasteiger partial charge is 0.465 e. The number of anilines is 1. The Morgan fingerprint density at radius 2 is 2.00 bits per heavy atom. The fourth-order valence-electron chi connectivity index (χ4n) is 3.59. The number of likely N-dealkylation sites (tertiary alicyclic amines) is 1. The van der Waals surface area contributed by atoms with Crippen LogP contribution in [0.5, 0.6) is 0 Å². The first-order valence-corrected chi connectivity index (χ1v) is 8.52. The van der Waals surface area contributed by atoms with Gasteiger partial charge in [-0.05, 0) is 50.4 Å². The normalized spacial score (nSPS) is 17.8. The molecule has 0 bridgehead atoms. The van der Waals surface area contributed by atoms with Crippen LogP contribution in [0.2, 0.25) is 0 Å². The number of hydrogen-bond donors (Lipinski definition) is 2. The van der Waals surface area contributed by atoms with Crippen LogP contribution in [-0.2, 0) is 6.42 Å². The molecule has 4 heteroatoms. The molecule has 0 aromatic heterocycles. The summed E-state index contributed by atoms with van der Waals surface area (Å²) in [5, 5.41) is 11.9. The predicted molar refractivity (Wildman–Crippen MR) is 97.5 cm³/mol. The van der Waals surface area contributed by atoms with Crippen molar-refractivity contribution in [2.75, 3.05) is 18.9 Å². The molecule has 1 heterocycles. The molecule has 1 aliphatic rings. The van der Waals surface area contributed by atoms with Gasteiger partial charge < -0.3 is 10.0 Å². The SMILES string of the molecule is CN1CCCC1CCc1cccc(-c2ccccc2)c1NC(=O)O. The Labute approximate surface area is 143 Å². The maximum Gasteiger partial charge on any atom is 0.409 e. The molecule has 2 N–H and O–H groups in total. The fourth-order valence-corrected chi connectivity index (χ4v) is 3.59. The summed E-state index contributed by atoms with van der Waals surface area (Å²) in [5.74, 6) is 0. The topological polar surface area (TPSA) is 52.6 Å². The number of benzene rings is 2. The van der Waals surface area contributed by atoms with Gasteiger partial charge in [0, 0.05) is 11.6 Å². The summed E-state index contributed by atoms with van der Waals surface area (Å²) >= 11 is 0. The third-order valence-electron chi connectivity index (χ3n) is 4.89. The molecule has 4 nitrogen and oxygen atoms in total. The summed E-state index contributed by atoms with van der Waals surface area (Å²) in [7, 11) is 2.18. The Kier molecular flexibility index (Phi) is 5.16. The van der Waals surface area contributed by atoms with Crippen LogP contribution in [0.3, 0.4) is 0 Å². The summed E-state index contributed by atoms with van der Waals surface area (Å²) in [6.07, 6.45) is 3.41. The molecule has 2 aromatic carbocycles. The van der Waals surface area contributed by atoms with E-state index >= 15 is 0 Å². The van der Waals surface area contributed by atoms with E-state index in [1.165, 1.54) is 12.8 Å². The average molecular weight is 324 g/mol. The first kappa shape index (κ1) is 16.5. The van der Waals surface area contributed by atoms with Gasteiger partial charge in [-0.2, -0.15) is 0 Å². The number of para-hydroxylation sites is 1. The van der Waals surface area contributed by atoms with Gasteiger partial charge in [-0.25, -0.2) is 4.79 Å². The minimum atomic E-state index is -1.02. The molecule has 1 fully saturated rings. The maximum atomic E-state index is 11.3. The van der Waals surface area contributed by atoms with Gasteiger partial charge in [0.15, 0.2) is 0 Å². The van der Waals surface area contributed by atoms with Crippen molar-refractivity contribution in [3.05, 3.63) is 54.1 Å². The average Bonchev–Trinajstić information content (AvgIpc) is 2.99. The lowest BCUT2D eigenvalue weighted by molar-refractivity contribution is 0.209. The standard InChI is InChI=1S/C20H24N2O2/c1-22-14-6-10-17(22)13-12-16-9-5-11-18(19(16)21-20(23)24)15-7-3-2-4-8-15/h2-5,7-9,11,17,21H,6,10,12-14H2,1H3,(H,23,24). The van der Waals surface area contributed by atoms with Crippen LogP contribution in [0.1, 0.15) is 24.8 Å². The molecular weight excluding hydrogens is 300 g/mol. The zero-order chi connectivity index (χ0) is 16.9. The monoisotopic (exact) mass is 324 g/mol. The first-order chi connectivity index (χ1) is 11.6. The number of nitrogens with zero attached hydrogens (tertiary/aromatic N) is 1. The predicted octanol–water partition coefficient (Wildman–Crippen LogP) is 4.47. The third kappa shape index (κ3) is 3.77. The highest BCUT2D eigenvalue weighted by atomic mass is 16.4. The maximum absolute atomic E-state index is 11.3. The number of hydrogen-bond acceptors (Lipinski definition) is 2. The molecule has 0 spiro atoms. The molecule has 1 saturated heterocycles. The van der Waals surface area contributed by atoms with E-state index in [0.29, 0.717) is 6.04 Å². The Morgan fingerprint density at radius 3 is 2.67 bits per heavy atom. The van der Waals surface area contributed by atoms with Gasteiger partial charge >= 0.3 is 6.09 Å². The molecule has 1 unspecified atom stereocenters. The van der Waals surface area contributed by atoms with Crippen LogP contribution in [0.4, 0.5) is 10.5 Å². The molecule has 1 amide bonds. The van der Waals surface area contributed by atoms with Gasteiger partial charge in [-0.15, -0.1) is 0 Å². The van der Waals surface area contributed by atoms with Gasteiger partial charge in [0.2, 0.25) is 0 Å². The Morgan fingerprint density at radius 1 is 1.21 bits per heavy atom. The van der Waals surface area contributed by atoms with Crippen LogP contribution >= 0.6 is 0 Å². The Hall–Kier alpha value is -2.33. The minimum absolute atomic E-state index is 0.600. The number of carboxylic acid groups (broad SMARTS) is 1. The molecule has 24 heavy (non-hydrogen) atoms. The van der Waals surface area contributed by atoms with Gasteiger partial charge in [0.1, 0.15) is 0 Å². The van der Waals surface area contributed by atoms with Crippen LogP contribution in [0.15, 0.2) is 48.5 Å². The summed E-state index contributed by atoms with van der Waals surface area (Å²) in [5.41, 5.74) is 3.76. The highest BCUT2D eigenvalue weighted by Crippen LogP contribution is 2.32. The molecule has 0 radical (unpaired) electrons. The second-order valence-corrected chi connectivity index (χ2v) is 6.45. The van der Waals surface area contributed by atoms with Crippen molar-refractivity contribution in [1.29, 1.82) is 0 Å². The molecule has 126 valence electrons. The third-order valence-corrected chi connectivity index (χ3v) is 4.89. The summed E-state index contributed by atoms with van der Waals surface area (Å²) in [4.78, 5) is 13.7. The number of amides is 1. The van der Waals surface area contributed by atoms with Gasteiger partial charge in [-0.3, -0.25) is 5.32 Å². The number of carbonyl (C=O) groups is 1. The van der Waals surface area contributed by atoms with Crippen molar-refractivity contribution in [3.63, 3.8) is 0 Å². The molecule has 0 saturated carbocycles. The van der Waals surface area contributed by atoms with Crippen molar-refractivity contribution in [3.8, 4) is 11.1 Å². The van der Waals surface area contributed by atoms with Crippen LogP contribution in [0.25, 0.3) is 11.1 Å². The summed E-state index contributed by atoms with van der Waals surface area (Å²) in [6, 6.07) is 16.6. The highest BCUT2D eigenvalue weighted by molar-refractivity contribution is 5.92. The van der Waals surface area contributed by atoms with Crippen LogP contribution in [0, 0.1) is 0 Å². The van der Waals surface area contributed by atoms with Crippen molar-refractivity contribution in [1.82, 2.24) is 4.90 Å². The quantitative estimate of drug-likeness (QED) is 0.853. The summed E-state index contributed by atoms with van der Waals surface area (Å²) < 4.78 is 0. The highest BCUT2D eigenvalue weighted by Gasteiger charge is 2.21. The minimum Gasteiger partial charge on any atom is -0.465 e. The summed E-state index contributed by atoms with van der Waals surface area (Å²) in [6.45, 7) is 1.16. The zero-order valence-electron chi connectivity index (χ0n) is 14.0. The van der Waals surface area contributed by atoms with Crippen molar-refractivity contribution in [2.24, 2.45) is 0 Å². The van der Waals surface area contributed by atoms with E-state index in [2.05, 4.69) is 17.3 Å². The van der Waals surface area contributed by atoms with E-state index in [1.54, 1.807) is 0 Å². The second-order valence-electron chi connectivity index (χ2n) is 6.45.